The van der Waals surface area contributed by atoms with Gasteiger partial charge >= 0.3 is 0 Å². The van der Waals surface area contributed by atoms with Crippen molar-refractivity contribution in [2.24, 2.45) is 11.1 Å². The molecule has 2 N–H and O–H groups in total. The lowest BCUT2D eigenvalue weighted by Crippen LogP contribution is -2.54. The van der Waals surface area contributed by atoms with Crippen LogP contribution in [0.15, 0.2) is 0 Å². The van der Waals surface area contributed by atoms with E-state index in [4.69, 9.17) is 5.73 Å². The highest BCUT2D eigenvalue weighted by Crippen LogP contribution is 2.26. The van der Waals surface area contributed by atoms with E-state index in [1.165, 1.54) is 13.1 Å². The van der Waals surface area contributed by atoms with Gasteiger partial charge in [-0.1, -0.05) is 13.8 Å². The molecule has 0 spiro atoms. The molecule has 1 fully saturated rings. The summed E-state index contributed by atoms with van der Waals surface area (Å²) in [5, 5.41) is 0. The van der Waals surface area contributed by atoms with Crippen LogP contribution in [0.25, 0.3) is 0 Å². The fourth-order valence-electron chi connectivity index (χ4n) is 1.29. The Morgan fingerprint density at radius 2 is 2.00 bits per heavy atom. The summed E-state index contributed by atoms with van der Waals surface area (Å²) in [5.74, 6) is 0. The van der Waals surface area contributed by atoms with Gasteiger partial charge in [0.2, 0.25) is 0 Å². The van der Waals surface area contributed by atoms with Gasteiger partial charge in [0.15, 0.2) is 0 Å². The van der Waals surface area contributed by atoms with Crippen molar-refractivity contribution >= 4 is 0 Å². The van der Waals surface area contributed by atoms with Crippen LogP contribution in [0.5, 0.6) is 0 Å². The molecule has 0 amide bonds. The third-order valence-electron chi connectivity index (χ3n) is 1.56. The maximum Gasteiger partial charge on any atom is 0.0455 e. The second-order valence-corrected chi connectivity index (χ2v) is 3.33. The van der Waals surface area contributed by atoms with E-state index in [-0.39, 0.29) is 0 Å². The second kappa shape index (κ2) is 1.71. The molecule has 0 unspecified atom stereocenters. The van der Waals surface area contributed by atoms with Crippen LogP contribution in [0.3, 0.4) is 0 Å². The first kappa shape index (κ1) is 6.05. The first-order chi connectivity index (χ1) is 3.64. The molecule has 48 valence electrons. The molecular formula is C6H14N2. The Morgan fingerprint density at radius 1 is 1.50 bits per heavy atom. The fraction of sp³-hybridized carbons (Fsp3) is 1.00. The van der Waals surface area contributed by atoms with Crippen LogP contribution in [0.1, 0.15) is 13.8 Å². The summed E-state index contributed by atoms with van der Waals surface area (Å²) in [6, 6.07) is 0. The van der Waals surface area contributed by atoms with E-state index in [9.17, 15) is 0 Å². The number of likely N-dealkylation sites (tertiary alicyclic amines) is 1. The van der Waals surface area contributed by atoms with Crippen LogP contribution >= 0.6 is 0 Å². The molecule has 0 atom stereocenters. The van der Waals surface area contributed by atoms with Crippen molar-refractivity contribution in [3.8, 4) is 0 Å². The molecule has 1 heterocycles. The third kappa shape index (κ3) is 1.01. The van der Waals surface area contributed by atoms with Crippen LogP contribution in [-0.4, -0.2) is 24.7 Å². The maximum absolute atomic E-state index is 5.38. The van der Waals surface area contributed by atoms with Crippen LogP contribution in [0.2, 0.25) is 0 Å². The van der Waals surface area contributed by atoms with Gasteiger partial charge in [0.1, 0.15) is 0 Å². The molecule has 1 rings (SSSR count). The number of nitrogens with two attached hydrogens (primary N) is 1. The maximum atomic E-state index is 5.38. The van der Waals surface area contributed by atoms with E-state index in [2.05, 4.69) is 18.7 Å². The highest BCUT2D eigenvalue weighted by atomic mass is 15.2. The van der Waals surface area contributed by atoms with Gasteiger partial charge in [-0.25, -0.2) is 0 Å². The summed E-state index contributed by atoms with van der Waals surface area (Å²) in [6.07, 6.45) is 0. The Labute approximate surface area is 50.7 Å². The van der Waals surface area contributed by atoms with Crippen LogP contribution in [-0.2, 0) is 0 Å². The van der Waals surface area contributed by atoms with Crippen molar-refractivity contribution in [3.05, 3.63) is 0 Å². The number of nitrogens with zero attached hydrogens (tertiary/aromatic N) is 1. The van der Waals surface area contributed by atoms with Crippen LogP contribution in [0.4, 0.5) is 0 Å². The summed E-state index contributed by atoms with van der Waals surface area (Å²) in [6.45, 7) is 7.59. The average molecular weight is 114 g/mol. The SMILES string of the molecule is CC1(C)CN(CN)C1. The molecule has 2 nitrogen and oxygen atoms in total. The minimum absolute atomic E-state index is 0.541. The Morgan fingerprint density at radius 3 is 2.12 bits per heavy atom. The average Bonchev–Trinajstić information content (AvgIpc) is 1.60. The summed E-state index contributed by atoms with van der Waals surface area (Å²) in [7, 11) is 0. The monoisotopic (exact) mass is 114 g/mol. The van der Waals surface area contributed by atoms with Crippen molar-refractivity contribution in [1.29, 1.82) is 0 Å². The lowest BCUT2D eigenvalue weighted by molar-refractivity contribution is 0.0338. The van der Waals surface area contributed by atoms with Crippen LogP contribution < -0.4 is 5.73 Å². The largest absolute Gasteiger partial charge is 0.318 e. The molecule has 0 aromatic carbocycles. The zero-order valence-corrected chi connectivity index (χ0v) is 5.65. The fourth-order valence-corrected chi connectivity index (χ4v) is 1.29. The van der Waals surface area contributed by atoms with E-state index in [1.54, 1.807) is 0 Å². The molecule has 8 heavy (non-hydrogen) atoms. The predicted molar refractivity (Wildman–Crippen MR) is 34.4 cm³/mol. The topological polar surface area (TPSA) is 29.3 Å². The van der Waals surface area contributed by atoms with Crippen molar-refractivity contribution in [3.63, 3.8) is 0 Å². The molecule has 0 saturated carbocycles. The lowest BCUT2D eigenvalue weighted by atomic mass is 9.85. The lowest BCUT2D eigenvalue weighted by Gasteiger charge is -2.45. The molecule has 1 saturated heterocycles. The zero-order valence-electron chi connectivity index (χ0n) is 5.65. The van der Waals surface area contributed by atoms with E-state index in [0.29, 0.717) is 5.41 Å². The first-order valence-corrected chi connectivity index (χ1v) is 3.06. The molecule has 0 aromatic heterocycles. The van der Waals surface area contributed by atoms with E-state index >= 15 is 0 Å². The quantitative estimate of drug-likeness (QED) is 0.529. The predicted octanol–water partition coefficient (Wildman–Crippen LogP) is 0.244. The Hall–Kier alpha value is -0.0800. The number of hydrogen-bond acceptors (Lipinski definition) is 2. The van der Waals surface area contributed by atoms with Crippen molar-refractivity contribution in [2.45, 2.75) is 13.8 Å². The molecule has 2 heteroatoms. The second-order valence-electron chi connectivity index (χ2n) is 3.33. The third-order valence-corrected chi connectivity index (χ3v) is 1.56. The summed E-state index contributed by atoms with van der Waals surface area (Å²) in [5.41, 5.74) is 5.92. The van der Waals surface area contributed by atoms with Gasteiger partial charge in [-0.15, -0.1) is 0 Å². The highest BCUT2D eigenvalue weighted by Gasteiger charge is 2.32. The molecular weight excluding hydrogens is 100 g/mol. The van der Waals surface area contributed by atoms with Gasteiger partial charge in [0.05, 0.1) is 0 Å². The van der Waals surface area contributed by atoms with Gasteiger partial charge in [-0.3, -0.25) is 4.90 Å². The minimum Gasteiger partial charge on any atom is -0.318 e. The van der Waals surface area contributed by atoms with Crippen molar-refractivity contribution in [2.75, 3.05) is 19.8 Å². The molecule has 0 aromatic rings. The molecule has 1 aliphatic rings. The Balaban J connectivity index is 2.21. The van der Waals surface area contributed by atoms with E-state index in [1.807, 2.05) is 0 Å². The van der Waals surface area contributed by atoms with Gasteiger partial charge in [0.25, 0.3) is 0 Å². The van der Waals surface area contributed by atoms with E-state index < -0.39 is 0 Å². The first-order valence-electron chi connectivity index (χ1n) is 3.06. The van der Waals surface area contributed by atoms with Crippen molar-refractivity contribution in [1.82, 2.24) is 4.90 Å². The van der Waals surface area contributed by atoms with Crippen molar-refractivity contribution < 1.29 is 0 Å². The molecule has 0 radical (unpaired) electrons. The molecule has 0 bridgehead atoms. The van der Waals surface area contributed by atoms with Gasteiger partial charge in [0, 0.05) is 19.8 Å². The van der Waals surface area contributed by atoms with Crippen LogP contribution in [0, 0.1) is 5.41 Å². The number of rotatable bonds is 1. The van der Waals surface area contributed by atoms with E-state index in [0.717, 1.165) is 6.67 Å². The van der Waals surface area contributed by atoms with Gasteiger partial charge < -0.3 is 5.73 Å². The number of hydrogen-bond donors (Lipinski definition) is 1. The summed E-state index contributed by atoms with van der Waals surface area (Å²) in [4.78, 5) is 2.24. The molecule has 0 aliphatic carbocycles. The van der Waals surface area contributed by atoms with Gasteiger partial charge in [-0.05, 0) is 5.41 Å². The zero-order chi connectivity index (χ0) is 6.20. The summed E-state index contributed by atoms with van der Waals surface area (Å²) >= 11 is 0. The smallest absolute Gasteiger partial charge is 0.0455 e. The minimum atomic E-state index is 0.541. The standard InChI is InChI=1S/C6H14N2/c1-6(2)3-8(4-6)5-7/h3-5,7H2,1-2H3. The normalized spacial score (nSPS) is 27.4. The molecule has 1 aliphatic heterocycles. The van der Waals surface area contributed by atoms with Gasteiger partial charge in [-0.2, -0.15) is 0 Å². The highest BCUT2D eigenvalue weighted by molar-refractivity contribution is 4.86. The Bertz CT molecular complexity index is 80.5. The Kier molecular flexibility index (Phi) is 1.29. The summed E-state index contributed by atoms with van der Waals surface area (Å²) < 4.78 is 0.